The number of hydrogen-bond acceptors (Lipinski definition) is 4. The molecule has 1 aromatic heterocycles. The Balaban J connectivity index is 2.37. The molecule has 0 atom stereocenters. The van der Waals surface area contributed by atoms with E-state index in [2.05, 4.69) is 10.3 Å². The van der Waals surface area contributed by atoms with Crippen LogP contribution in [0.5, 0.6) is 0 Å². The number of nitrogens with zero attached hydrogens (tertiary/aromatic N) is 2. The number of aryl methyl sites for hydroxylation is 2. The summed E-state index contributed by atoms with van der Waals surface area (Å²) in [6.07, 6.45) is 0.791. The highest BCUT2D eigenvalue weighted by Crippen LogP contribution is 2.17. The molecule has 0 aliphatic carbocycles. The molecule has 0 aromatic carbocycles. The molecule has 0 unspecified atom stereocenters. The molecule has 0 fully saturated rings. The summed E-state index contributed by atoms with van der Waals surface area (Å²) in [5, 5.41) is 13.5. The Morgan fingerprint density at radius 1 is 1.47 bits per heavy atom. The van der Waals surface area contributed by atoms with Crippen molar-refractivity contribution in [3.8, 4) is 0 Å². The van der Waals surface area contributed by atoms with Gasteiger partial charge in [-0.2, -0.15) is 0 Å². The Kier molecular flexibility index (Phi) is 5.31. The number of nitrogens with one attached hydrogen (secondary N) is 1. The van der Waals surface area contributed by atoms with Crippen LogP contribution in [0.25, 0.3) is 0 Å². The number of urea groups is 1. The summed E-state index contributed by atoms with van der Waals surface area (Å²) in [6.45, 7) is 8.22. The predicted molar refractivity (Wildman–Crippen MR) is 77.6 cm³/mol. The van der Waals surface area contributed by atoms with Crippen molar-refractivity contribution in [2.45, 2.75) is 39.7 Å². The van der Waals surface area contributed by atoms with Crippen molar-refractivity contribution in [2.75, 3.05) is 20.1 Å². The third kappa shape index (κ3) is 5.57. The van der Waals surface area contributed by atoms with Gasteiger partial charge < -0.3 is 15.3 Å². The van der Waals surface area contributed by atoms with Crippen LogP contribution in [0.15, 0.2) is 0 Å². The van der Waals surface area contributed by atoms with Gasteiger partial charge in [-0.3, -0.25) is 0 Å². The van der Waals surface area contributed by atoms with Crippen LogP contribution in [0.2, 0.25) is 0 Å². The van der Waals surface area contributed by atoms with E-state index < -0.39 is 5.60 Å². The first-order valence-corrected chi connectivity index (χ1v) is 7.15. The van der Waals surface area contributed by atoms with E-state index in [0.29, 0.717) is 13.1 Å². The van der Waals surface area contributed by atoms with Crippen LogP contribution >= 0.6 is 11.3 Å². The summed E-state index contributed by atoms with van der Waals surface area (Å²) < 4.78 is 0. The molecule has 0 radical (unpaired) electrons. The maximum absolute atomic E-state index is 11.8. The molecule has 0 spiro atoms. The zero-order valence-corrected chi connectivity index (χ0v) is 13.1. The third-order valence-corrected chi connectivity index (χ3v) is 3.73. The molecule has 1 aromatic rings. The lowest BCUT2D eigenvalue weighted by Crippen LogP contribution is -2.45. The van der Waals surface area contributed by atoms with E-state index in [9.17, 15) is 9.90 Å². The molecular weight excluding hydrogens is 262 g/mol. The highest BCUT2D eigenvalue weighted by Gasteiger charge is 2.19. The fourth-order valence-electron chi connectivity index (χ4n) is 1.88. The lowest BCUT2D eigenvalue weighted by molar-refractivity contribution is 0.0532. The van der Waals surface area contributed by atoms with Gasteiger partial charge in [0, 0.05) is 24.9 Å². The topological polar surface area (TPSA) is 65.5 Å². The smallest absolute Gasteiger partial charge is 0.317 e. The first-order valence-electron chi connectivity index (χ1n) is 6.33. The van der Waals surface area contributed by atoms with Crippen molar-refractivity contribution in [1.82, 2.24) is 15.2 Å². The van der Waals surface area contributed by atoms with E-state index in [1.54, 1.807) is 32.2 Å². The van der Waals surface area contributed by atoms with E-state index in [1.165, 1.54) is 9.78 Å². The fraction of sp³-hybridized carbons (Fsp3) is 0.692. The van der Waals surface area contributed by atoms with Gasteiger partial charge in [-0.1, -0.05) is 0 Å². The quantitative estimate of drug-likeness (QED) is 0.865. The minimum Gasteiger partial charge on any atom is -0.389 e. The van der Waals surface area contributed by atoms with Gasteiger partial charge in [0.25, 0.3) is 0 Å². The molecule has 2 amide bonds. The number of aliphatic hydroxyl groups is 1. The molecule has 6 heteroatoms. The first kappa shape index (κ1) is 15.9. The zero-order valence-electron chi connectivity index (χ0n) is 12.3. The molecule has 5 nitrogen and oxygen atoms in total. The Labute approximate surface area is 118 Å². The van der Waals surface area contributed by atoms with Crippen molar-refractivity contribution >= 4 is 17.4 Å². The summed E-state index contributed by atoms with van der Waals surface area (Å²) in [6, 6.07) is -0.166. The Hall–Kier alpha value is -1.14. The monoisotopic (exact) mass is 285 g/mol. The zero-order chi connectivity index (χ0) is 14.6. The van der Waals surface area contributed by atoms with Crippen LogP contribution in [0.3, 0.4) is 0 Å². The highest BCUT2D eigenvalue weighted by molar-refractivity contribution is 7.11. The summed E-state index contributed by atoms with van der Waals surface area (Å²) in [4.78, 5) is 18.8. The van der Waals surface area contributed by atoms with Gasteiger partial charge in [0.2, 0.25) is 0 Å². The average molecular weight is 285 g/mol. The number of likely N-dealkylation sites (N-methyl/N-ethyl adjacent to an activating group) is 1. The van der Waals surface area contributed by atoms with Gasteiger partial charge in [-0.05, 0) is 27.7 Å². The van der Waals surface area contributed by atoms with Crippen molar-refractivity contribution in [3.63, 3.8) is 0 Å². The summed E-state index contributed by atoms with van der Waals surface area (Å²) >= 11 is 1.67. The van der Waals surface area contributed by atoms with Crippen LogP contribution in [-0.2, 0) is 6.42 Å². The number of rotatable bonds is 5. The van der Waals surface area contributed by atoms with E-state index in [4.69, 9.17) is 0 Å². The predicted octanol–water partition coefficient (Wildman–Crippen LogP) is 1.71. The average Bonchev–Trinajstić information content (AvgIpc) is 2.55. The number of hydrogen-bond donors (Lipinski definition) is 2. The second-order valence-electron chi connectivity index (χ2n) is 5.39. The lowest BCUT2D eigenvalue weighted by Gasteiger charge is -2.25. The molecule has 0 aliphatic heterocycles. The minimum atomic E-state index is -0.878. The maximum atomic E-state index is 11.8. The molecule has 2 N–H and O–H groups in total. The molecule has 0 bridgehead atoms. The standard InChI is InChI=1S/C13H23N3O2S/c1-9-11(19-10(2)15-9)6-7-14-12(17)16(5)8-13(3,4)18/h18H,6-8H2,1-5H3,(H,14,17). The van der Waals surface area contributed by atoms with Crippen molar-refractivity contribution < 1.29 is 9.90 Å². The molecule has 19 heavy (non-hydrogen) atoms. The van der Waals surface area contributed by atoms with Gasteiger partial charge >= 0.3 is 6.03 Å². The second kappa shape index (κ2) is 6.34. The number of aromatic nitrogens is 1. The minimum absolute atomic E-state index is 0.166. The van der Waals surface area contributed by atoms with E-state index in [0.717, 1.165) is 17.1 Å². The molecule has 0 saturated carbocycles. The number of carbonyl (C=O) groups is 1. The third-order valence-electron chi connectivity index (χ3n) is 2.60. The number of amides is 2. The Morgan fingerprint density at radius 2 is 2.11 bits per heavy atom. The van der Waals surface area contributed by atoms with Crippen LogP contribution < -0.4 is 5.32 Å². The Morgan fingerprint density at radius 3 is 2.58 bits per heavy atom. The maximum Gasteiger partial charge on any atom is 0.317 e. The number of carbonyl (C=O) groups excluding carboxylic acids is 1. The highest BCUT2D eigenvalue weighted by atomic mass is 32.1. The van der Waals surface area contributed by atoms with E-state index in [1.807, 2.05) is 13.8 Å². The second-order valence-corrected chi connectivity index (χ2v) is 6.68. The largest absolute Gasteiger partial charge is 0.389 e. The van der Waals surface area contributed by atoms with Gasteiger partial charge in [0.05, 0.1) is 22.8 Å². The van der Waals surface area contributed by atoms with E-state index in [-0.39, 0.29) is 6.03 Å². The Bertz CT molecular complexity index is 438. The summed E-state index contributed by atoms with van der Waals surface area (Å²) in [7, 11) is 1.68. The fourth-order valence-corrected chi connectivity index (χ4v) is 2.81. The first-order chi connectivity index (χ1) is 8.69. The van der Waals surface area contributed by atoms with Crippen molar-refractivity contribution in [1.29, 1.82) is 0 Å². The van der Waals surface area contributed by atoms with Gasteiger partial charge in [0.1, 0.15) is 0 Å². The molecular formula is C13H23N3O2S. The van der Waals surface area contributed by atoms with Gasteiger partial charge in [-0.25, -0.2) is 9.78 Å². The van der Waals surface area contributed by atoms with Crippen LogP contribution in [-0.4, -0.2) is 46.8 Å². The summed E-state index contributed by atoms with van der Waals surface area (Å²) in [5.41, 5.74) is 0.166. The van der Waals surface area contributed by atoms with Crippen LogP contribution in [0, 0.1) is 13.8 Å². The summed E-state index contributed by atoms with van der Waals surface area (Å²) in [5.74, 6) is 0. The molecule has 0 aliphatic rings. The molecule has 1 heterocycles. The van der Waals surface area contributed by atoms with Crippen LogP contribution in [0.1, 0.15) is 29.4 Å². The molecule has 0 saturated heterocycles. The normalized spacial score (nSPS) is 11.5. The molecule has 1 rings (SSSR count). The van der Waals surface area contributed by atoms with Crippen molar-refractivity contribution in [3.05, 3.63) is 15.6 Å². The van der Waals surface area contributed by atoms with Gasteiger partial charge in [0.15, 0.2) is 0 Å². The lowest BCUT2D eigenvalue weighted by atomic mass is 10.1. The SMILES string of the molecule is Cc1nc(C)c(CCNC(=O)N(C)CC(C)(C)O)s1. The van der Waals surface area contributed by atoms with E-state index >= 15 is 0 Å². The van der Waals surface area contributed by atoms with Gasteiger partial charge in [-0.15, -0.1) is 11.3 Å². The van der Waals surface area contributed by atoms with Crippen molar-refractivity contribution in [2.24, 2.45) is 0 Å². The van der Waals surface area contributed by atoms with Crippen LogP contribution in [0.4, 0.5) is 4.79 Å². The number of thiazole rings is 1. The molecule has 108 valence electrons.